The summed E-state index contributed by atoms with van der Waals surface area (Å²) in [6, 6.07) is 0. The number of halogens is 3. The van der Waals surface area contributed by atoms with Gasteiger partial charge in [0.25, 0.3) is 0 Å². The zero-order valence-corrected chi connectivity index (χ0v) is 15.4. The summed E-state index contributed by atoms with van der Waals surface area (Å²) < 4.78 is 60.4. The zero-order valence-electron chi connectivity index (χ0n) is 13.8. The molecule has 0 aromatic carbocycles. The largest absolute Gasteiger partial charge is 0.434 e. The Hall–Kier alpha value is -1.36. The van der Waals surface area contributed by atoms with Crippen LogP contribution in [0.1, 0.15) is 24.0 Å². The minimum absolute atomic E-state index is 0.0220. The molecule has 142 valence electrons. The van der Waals surface area contributed by atoms with Crippen molar-refractivity contribution in [1.29, 1.82) is 0 Å². The fourth-order valence-electron chi connectivity index (χ4n) is 2.42. The summed E-state index contributed by atoms with van der Waals surface area (Å²) in [6.45, 7) is 3.32. The van der Waals surface area contributed by atoms with Gasteiger partial charge in [0.2, 0.25) is 0 Å². The van der Waals surface area contributed by atoms with Gasteiger partial charge in [-0.15, -0.1) is 11.3 Å². The van der Waals surface area contributed by atoms with Crippen molar-refractivity contribution >= 4 is 27.1 Å². The Morgan fingerprint density at radius 3 is 2.76 bits per heavy atom. The number of alkyl halides is 3. The van der Waals surface area contributed by atoms with E-state index in [0.717, 1.165) is 16.7 Å². The Labute approximate surface area is 148 Å². The molecule has 2 N–H and O–H groups in total. The predicted molar refractivity (Wildman–Crippen MR) is 91.6 cm³/mol. The fraction of sp³-hybridized carbons (Fsp3) is 0.714. The van der Waals surface area contributed by atoms with Gasteiger partial charge in [-0.2, -0.15) is 13.2 Å². The zero-order chi connectivity index (χ0) is 18.5. The van der Waals surface area contributed by atoms with Crippen LogP contribution in [-0.2, 0) is 22.4 Å². The van der Waals surface area contributed by atoms with Crippen molar-refractivity contribution in [3.05, 3.63) is 16.1 Å². The molecule has 6 nitrogen and oxygen atoms in total. The first-order chi connectivity index (χ1) is 11.7. The van der Waals surface area contributed by atoms with E-state index in [4.69, 9.17) is 0 Å². The van der Waals surface area contributed by atoms with Crippen LogP contribution in [0.15, 0.2) is 10.4 Å². The third kappa shape index (κ3) is 6.46. The first-order valence-electron chi connectivity index (χ1n) is 7.94. The maximum absolute atomic E-state index is 12.5. The molecule has 0 bridgehead atoms. The van der Waals surface area contributed by atoms with Crippen molar-refractivity contribution in [2.45, 2.75) is 25.9 Å². The lowest BCUT2D eigenvalue weighted by molar-refractivity contribution is -0.140. The molecule has 1 aliphatic rings. The van der Waals surface area contributed by atoms with Crippen LogP contribution in [0.3, 0.4) is 0 Å². The molecule has 1 fully saturated rings. The van der Waals surface area contributed by atoms with E-state index in [0.29, 0.717) is 43.4 Å². The highest BCUT2D eigenvalue weighted by molar-refractivity contribution is 7.91. The first-order valence-corrected chi connectivity index (χ1v) is 10.6. The molecule has 1 unspecified atom stereocenters. The number of nitrogens with zero attached hydrogens (tertiary/aromatic N) is 2. The molecule has 0 aliphatic carbocycles. The Bertz CT molecular complexity index is 701. The smallest absolute Gasteiger partial charge is 0.357 e. The highest BCUT2D eigenvalue weighted by atomic mass is 32.2. The van der Waals surface area contributed by atoms with Gasteiger partial charge in [-0.1, -0.05) is 0 Å². The SMILES string of the molecule is CCNC(=NCC1CCS(=O)(=O)C1)NCCc1nc(C(F)(F)F)cs1. The fourth-order valence-corrected chi connectivity index (χ4v) is 5.08. The van der Waals surface area contributed by atoms with Crippen molar-refractivity contribution in [1.82, 2.24) is 15.6 Å². The number of aliphatic imine (C=N–C) groups is 1. The Balaban J connectivity index is 1.83. The second kappa shape index (κ2) is 8.35. The highest BCUT2D eigenvalue weighted by Gasteiger charge is 2.33. The van der Waals surface area contributed by atoms with E-state index in [2.05, 4.69) is 20.6 Å². The Morgan fingerprint density at radius 1 is 1.44 bits per heavy atom. The van der Waals surface area contributed by atoms with E-state index in [9.17, 15) is 21.6 Å². The number of thiazole rings is 1. The molecule has 0 spiro atoms. The lowest BCUT2D eigenvalue weighted by Crippen LogP contribution is -2.38. The molecule has 25 heavy (non-hydrogen) atoms. The number of hydrogen-bond donors (Lipinski definition) is 2. The van der Waals surface area contributed by atoms with Gasteiger partial charge in [-0.25, -0.2) is 13.4 Å². The normalized spacial score (nSPS) is 20.6. The average Bonchev–Trinajstić information content (AvgIpc) is 3.11. The van der Waals surface area contributed by atoms with E-state index in [1.807, 2.05) is 6.92 Å². The van der Waals surface area contributed by atoms with Gasteiger partial charge in [0, 0.05) is 31.4 Å². The van der Waals surface area contributed by atoms with Gasteiger partial charge >= 0.3 is 6.18 Å². The van der Waals surface area contributed by atoms with E-state index in [1.54, 1.807) is 0 Å². The first kappa shape index (κ1) is 20.0. The van der Waals surface area contributed by atoms with Crippen LogP contribution >= 0.6 is 11.3 Å². The molecule has 1 atom stereocenters. The topological polar surface area (TPSA) is 83.5 Å². The molecule has 1 aliphatic heterocycles. The summed E-state index contributed by atoms with van der Waals surface area (Å²) in [6.07, 6.45) is -3.45. The lowest BCUT2D eigenvalue weighted by atomic mass is 10.1. The van der Waals surface area contributed by atoms with E-state index in [-0.39, 0.29) is 17.4 Å². The molecule has 1 aromatic rings. The van der Waals surface area contributed by atoms with Crippen molar-refractivity contribution in [2.24, 2.45) is 10.9 Å². The number of hydrogen-bond acceptors (Lipinski definition) is 5. The minimum atomic E-state index is -4.42. The summed E-state index contributed by atoms with van der Waals surface area (Å²) in [5.74, 6) is 0.922. The summed E-state index contributed by atoms with van der Waals surface area (Å²) in [4.78, 5) is 7.95. The van der Waals surface area contributed by atoms with Crippen LogP contribution in [0, 0.1) is 5.92 Å². The van der Waals surface area contributed by atoms with Crippen LogP contribution < -0.4 is 10.6 Å². The molecule has 0 saturated carbocycles. The number of nitrogens with one attached hydrogen (secondary N) is 2. The highest BCUT2D eigenvalue weighted by Crippen LogP contribution is 2.30. The summed E-state index contributed by atoms with van der Waals surface area (Å²) in [5, 5.41) is 7.48. The van der Waals surface area contributed by atoms with Crippen LogP contribution in [0.4, 0.5) is 13.2 Å². The monoisotopic (exact) mass is 398 g/mol. The van der Waals surface area contributed by atoms with Crippen molar-refractivity contribution in [2.75, 3.05) is 31.1 Å². The molecular weight excluding hydrogens is 377 g/mol. The molecule has 0 radical (unpaired) electrons. The number of aromatic nitrogens is 1. The number of rotatable bonds is 6. The molecule has 2 rings (SSSR count). The second-order valence-corrected chi connectivity index (χ2v) is 8.96. The van der Waals surface area contributed by atoms with Crippen LogP contribution in [0.25, 0.3) is 0 Å². The van der Waals surface area contributed by atoms with Gasteiger partial charge in [-0.3, -0.25) is 4.99 Å². The van der Waals surface area contributed by atoms with Gasteiger partial charge in [0.15, 0.2) is 21.5 Å². The van der Waals surface area contributed by atoms with Gasteiger partial charge in [-0.05, 0) is 19.3 Å². The maximum Gasteiger partial charge on any atom is 0.434 e. The predicted octanol–water partition coefficient (Wildman–Crippen LogP) is 1.69. The average molecular weight is 398 g/mol. The Morgan fingerprint density at radius 2 is 2.20 bits per heavy atom. The summed E-state index contributed by atoms with van der Waals surface area (Å²) in [5.41, 5.74) is -0.865. The standard InChI is InChI=1S/C14H21F3N4O2S2/c1-2-18-13(20-7-10-4-6-25(22,23)9-10)19-5-3-12-21-11(8-24-12)14(15,16)17/h8,10H,2-7,9H2,1H3,(H2,18,19,20). The van der Waals surface area contributed by atoms with Crippen molar-refractivity contribution in [3.8, 4) is 0 Å². The van der Waals surface area contributed by atoms with Crippen molar-refractivity contribution in [3.63, 3.8) is 0 Å². The maximum atomic E-state index is 12.5. The molecule has 1 aromatic heterocycles. The molecule has 11 heteroatoms. The van der Waals surface area contributed by atoms with Gasteiger partial charge < -0.3 is 10.6 Å². The molecule has 2 heterocycles. The van der Waals surface area contributed by atoms with Crippen LogP contribution in [0.2, 0.25) is 0 Å². The van der Waals surface area contributed by atoms with E-state index < -0.39 is 21.7 Å². The van der Waals surface area contributed by atoms with Crippen LogP contribution in [-0.4, -0.2) is 50.5 Å². The third-order valence-corrected chi connectivity index (χ3v) is 6.40. The van der Waals surface area contributed by atoms with Gasteiger partial charge in [0.05, 0.1) is 16.5 Å². The number of sulfone groups is 1. The summed E-state index contributed by atoms with van der Waals surface area (Å²) >= 11 is 0.977. The molecule has 1 saturated heterocycles. The summed E-state index contributed by atoms with van der Waals surface area (Å²) in [7, 11) is -2.93. The molecular formula is C14H21F3N4O2S2. The van der Waals surface area contributed by atoms with E-state index >= 15 is 0 Å². The van der Waals surface area contributed by atoms with E-state index in [1.165, 1.54) is 0 Å². The quantitative estimate of drug-likeness (QED) is 0.563. The van der Waals surface area contributed by atoms with Crippen LogP contribution in [0.5, 0.6) is 0 Å². The Kier molecular flexibility index (Phi) is 6.66. The third-order valence-electron chi connectivity index (χ3n) is 3.65. The number of guanidine groups is 1. The second-order valence-electron chi connectivity index (χ2n) is 5.79. The minimum Gasteiger partial charge on any atom is -0.357 e. The van der Waals surface area contributed by atoms with Crippen molar-refractivity contribution < 1.29 is 21.6 Å². The van der Waals surface area contributed by atoms with Gasteiger partial charge in [0.1, 0.15) is 0 Å². The lowest BCUT2D eigenvalue weighted by Gasteiger charge is -2.12. The molecule has 0 amide bonds.